The minimum Gasteiger partial charge on any atom is -0.507 e. The van der Waals surface area contributed by atoms with Gasteiger partial charge in [-0.2, -0.15) is 0 Å². The Morgan fingerprint density at radius 3 is 2.35 bits per heavy atom. The highest BCUT2D eigenvalue weighted by Gasteiger charge is 2.18. The van der Waals surface area contributed by atoms with Gasteiger partial charge in [0, 0.05) is 0 Å². The summed E-state index contributed by atoms with van der Waals surface area (Å²) in [5.74, 6) is 4.77. The zero-order chi connectivity index (χ0) is 14.7. The van der Waals surface area contributed by atoms with Crippen LogP contribution in [0.4, 0.5) is 0 Å². The van der Waals surface area contributed by atoms with Gasteiger partial charge in [-0.25, -0.2) is 5.84 Å². The number of hydrogen-bond donors (Lipinski definition) is 3. The quantitative estimate of drug-likeness (QED) is 0.456. The van der Waals surface area contributed by atoms with Crippen molar-refractivity contribution in [2.75, 3.05) is 0 Å². The first kappa shape index (κ1) is 14.1. The first-order valence-corrected chi connectivity index (χ1v) is 6.48. The second-order valence-corrected chi connectivity index (χ2v) is 4.96. The number of carbonyl (C=O) groups excluding carboxylic acids is 1. The van der Waals surface area contributed by atoms with Crippen molar-refractivity contribution in [1.29, 1.82) is 0 Å². The molecule has 0 spiro atoms. The summed E-state index contributed by atoms with van der Waals surface area (Å²) in [5.41, 5.74) is 4.85. The van der Waals surface area contributed by atoms with Crippen LogP contribution in [-0.4, -0.2) is 11.0 Å². The molecule has 0 atom stereocenters. The molecule has 0 aromatic heterocycles. The van der Waals surface area contributed by atoms with Gasteiger partial charge in [-0.05, 0) is 34.7 Å². The summed E-state index contributed by atoms with van der Waals surface area (Å²) >= 11 is 0. The molecule has 20 heavy (non-hydrogen) atoms. The molecular weight excluding hydrogens is 252 g/mol. The van der Waals surface area contributed by atoms with Crippen LogP contribution in [0.3, 0.4) is 0 Å². The fourth-order valence-electron chi connectivity index (χ4n) is 2.15. The number of nitrogen functional groups attached to an aromatic ring is 1. The van der Waals surface area contributed by atoms with E-state index in [0.717, 1.165) is 16.7 Å². The standard InChI is InChI=1S/C16H18N2O2/c1-10(2)13-8-12(11-6-4-3-5-7-11)9-14(15(13)19)16(20)18-17/h3-10,19H,17H2,1-2H3,(H,18,20). The Balaban J connectivity index is 2.65. The van der Waals surface area contributed by atoms with E-state index in [0.29, 0.717) is 0 Å². The topological polar surface area (TPSA) is 75.4 Å². The second kappa shape index (κ2) is 5.75. The number of phenols is 1. The van der Waals surface area contributed by atoms with E-state index in [2.05, 4.69) is 5.43 Å². The molecular formula is C16H18N2O2. The Labute approximate surface area is 118 Å². The zero-order valence-electron chi connectivity index (χ0n) is 11.6. The number of hydrogen-bond acceptors (Lipinski definition) is 3. The zero-order valence-corrected chi connectivity index (χ0v) is 11.6. The Morgan fingerprint density at radius 2 is 1.80 bits per heavy atom. The Kier molecular flexibility index (Phi) is 4.05. The SMILES string of the molecule is CC(C)c1cc(-c2ccccc2)cc(C(=O)NN)c1O. The van der Waals surface area contributed by atoms with E-state index in [4.69, 9.17) is 5.84 Å². The molecule has 4 nitrogen and oxygen atoms in total. The highest BCUT2D eigenvalue weighted by Crippen LogP contribution is 2.34. The molecule has 0 aliphatic heterocycles. The maximum atomic E-state index is 11.8. The minimum absolute atomic E-state index is 0.0115. The lowest BCUT2D eigenvalue weighted by Crippen LogP contribution is -2.30. The molecule has 0 aliphatic carbocycles. The van der Waals surface area contributed by atoms with E-state index in [1.807, 2.05) is 50.2 Å². The summed E-state index contributed by atoms with van der Waals surface area (Å²) in [7, 11) is 0. The smallest absolute Gasteiger partial charge is 0.268 e. The largest absolute Gasteiger partial charge is 0.507 e. The average molecular weight is 270 g/mol. The maximum Gasteiger partial charge on any atom is 0.268 e. The van der Waals surface area contributed by atoms with Gasteiger partial charge < -0.3 is 5.11 Å². The number of benzene rings is 2. The molecule has 0 unspecified atom stereocenters. The highest BCUT2D eigenvalue weighted by molar-refractivity contribution is 5.98. The van der Waals surface area contributed by atoms with Gasteiger partial charge in [0.05, 0.1) is 5.56 Å². The summed E-state index contributed by atoms with van der Waals surface area (Å²) in [6.45, 7) is 3.93. The van der Waals surface area contributed by atoms with Crippen LogP contribution in [0.5, 0.6) is 5.75 Å². The third-order valence-electron chi connectivity index (χ3n) is 3.24. The van der Waals surface area contributed by atoms with Gasteiger partial charge in [-0.1, -0.05) is 44.2 Å². The number of aromatic hydroxyl groups is 1. The summed E-state index contributed by atoms with van der Waals surface area (Å²) < 4.78 is 0. The first-order valence-electron chi connectivity index (χ1n) is 6.48. The predicted octanol–water partition coefficient (Wildman–Crippen LogP) is 2.79. The van der Waals surface area contributed by atoms with Crippen molar-refractivity contribution in [3.8, 4) is 16.9 Å². The normalized spacial score (nSPS) is 10.6. The lowest BCUT2D eigenvalue weighted by molar-refractivity contribution is 0.0951. The monoisotopic (exact) mass is 270 g/mol. The third-order valence-corrected chi connectivity index (χ3v) is 3.24. The molecule has 0 radical (unpaired) electrons. The number of nitrogens with two attached hydrogens (primary N) is 1. The molecule has 1 amide bonds. The van der Waals surface area contributed by atoms with Crippen molar-refractivity contribution in [2.24, 2.45) is 5.84 Å². The van der Waals surface area contributed by atoms with Gasteiger partial charge >= 0.3 is 0 Å². The highest BCUT2D eigenvalue weighted by atomic mass is 16.3. The second-order valence-electron chi connectivity index (χ2n) is 4.96. The number of nitrogens with one attached hydrogen (secondary N) is 1. The van der Waals surface area contributed by atoms with Gasteiger partial charge in [-0.3, -0.25) is 10.2 Å². The van der Waals surface area contributed by atoms with Crippen LogP contribution < -0.4 is 11.3 Å². The minimum atomic E-state index is -0.498. The van der Waals surface area contributed by atoms with Crippen LogP contribution in [0.2, 0.25) is 0 Å². The van der Waals surface area contributed by atoms with E-state index in [1.54, 1.807) is 6.07 Å². The van der Waals surface area contributed by atoms with Gasteiger partial charge in [0.1, 0.15) is 5.75 Å². The Hall–Kier alpha value is -2.33. The molecule has 0 saturated carbocycles. The van der Waals surface area contributed by atoms with Crippen molar-refractivity contribution < 1.29 is 9.90 Å². The number of amides is 1. The van der Waals surface area contributed by atoms with Crippen LogP contribution in [0.25, 0.3) is 11.1 Å². The maximum absolute atomic E-state index is 11.8. The van der Waals surface area contributed by atoms with E-state index < -0.39 is 5.91 Å². The lowest BCUT2D eigenvalue weighted by atomic mass is 9.93. The molecule has 2 aromatic carbocycles. The number of hydrazine groups is 1. The molecule has 0 saturated heterocycles. The summed E-state index contributed by atoms with van der Waals surface area (Å²) in [5, 5.41) is 10.2. The fraction of sp³-hybridized carbons (Fsp3) is 0.188. The molecule has 0 aliphatic rings. The molecule has 4 heteroatoms. The van der Waals surface area contributed by atoms with E-state index >= 15 is 0 Å². The van der Waals surface area contributed by atoms with Crippen molar-refractivity contribution in [1.82, 2.24) is 5.43 Å². The third kappa shape index (κ3) is 2.65. The molecule has 2 aromatic rings. The predicted molar refractivity (Wildman–Crippen MR) is 79.3 cm³/mol. The number of rotatable bonds is 3. The van der Waals surface area contributed by atoms with E-state index in [-0.39, 0.29) is 17.2 Å². The number of carbonyl (C=O) groups is 1. The summed E-state index contributed by atoms with van der Waals surface area (Å²) in [6, 6.07) is 13.3. The van der Waals surface area contributed by atoms with E-state index in [9.17, 15) is 9.90 Å². The molecule has 4 N–H and O–H groups in total. The lowest BCUT2D eigenvalue weighted by Gasteiger charge is -2.15. The van der Waals surface area contributed by atoms with Crippen LogP contribution in [0.1, 0.15) is 35.7 Å². The van der Waals surface area contributed by atoms with Crippen LogP contribution >= 0.6 is 0 Å². The van der Waals surface area contributed by atoms with Gasteiger partial charge in [-0.15, -0.1) is 0 Å². The van der Waals surface area contributed by atoms with E-state index in [1.165, 1.54) is 0 Å². The van der Waals surface area contributed by atoms with Crippen LogP contribution in [0.15, 0.2) is 42.5 Å². The molecule has 2 rings (SSSR count). The number of phenolic OH excluding ortho intramolecular Hbond substituents is 1. The Morgan fingerprint density at radius 1 is 1.15 bits per heavy atom. The van der Waals surface area contributed by atoms with Gasteiger partial charge in [0.15, 0.2) is 0 Å². The fourth-order valence-corrected chi connectivity index (χ4v) is 2.15. The van der Waals surface area contributed by atoms with Crippen molar-refractivity contribution in [2.45, 2.75) is 19.8 Å². The molecule has 0 bridgehead atoms. The average Bonchev–Trinajstić information content (AvgIpc) is 2.47. The van der Waals surface area contributed by atoms with Gasteiger partial charge in [0.2, 0.25) is 0 Å². The summed E-state index contributed by atoms with van der Waals surface area (Å²) in [4.78, 5) is 11.8. The van der Waals surface area contributed by atoms with Crippen molar-refractivity contribution in [3.63, 3.8) is 0 Å². The Bertz CT molecular complexity index is 622. The molecule has 0 fully saturated rings. The van der Waals surface area contributed by atoms with Crippen LogP contribution in [0, 0.1) is 0 Å². The molecule has 104 valence electrons. The summed E-state index contributed by atoms with van der Waals surface area (Å²) in [6.07, 6.45) is 0. The van der Waals surface area contributed by atoms with Gasteiger partial charge in [0.25, 0.3) is 5.91 Å². The van der Waals surface area contributed by atoms with Crippen molar-refractivity contribution in [3.05, 3.63) is 53.6 Å². The van der Waals surface area contributed by atoms with Crippen molar-refractivity contribution >= 4 is 5.91 Å². The van der Waals surface area contributed by atoms with Crippen LogP contribution in [-0.2, 0) is 0 Å². The molecule has 0 heterocycles. The first-order chi connectivity index (χ1) is 9.54.